The summed E-state index contributed by atoms with van der Waals surface area (Å²) in [5.74, 6) is -0.705. The Labute approximate surface area is 131 Å². The fraction of sp³-hybridized carbons (Fsp3) is 0.333. The molecule has 21 heavy (non-hydrogen) atoms. The lowest BCUT2D eigenvalue weighted by Crippen LogP contribution is -2.30. The van der Waals surface area contributed by atoms with Crippen LogP contribution in [0.3, 0.4) is 0 Å². The summed E-state index contributed by atoms with van der Waals surface area (Å²) < 4.78 is 28.2. The van der Waals surface area contributed by atoms with Crippen molar-refractivity contribution in [3.05, 3.63) is 33.9 Å². The van der Waals surface area contributed by atoms with Crippen LogP contribution in [-0.2, 0) is 10.0 Å². The van der Waals surface area contributed by atoms with Gasteiger partial charge in [0.05, 0.1) is 16.1 Å². The topological polar surface area (TPSA) is 81.1 Å². The maximum Gasteiger partial charge on any atom is 0.273 e. The van der Waals surface area contributed by atoms with E-state index in [4.69, 9.17) is 11.6 Å². The number of carbonyl (C=O) groups is 1. The first kappa shape index (κ1) is 16.0. The Balaban J connectivity index is 2.26. The number of amides is 1. The standard InChI is InChI=1S/C12H14ClN3O3S2/c1-7(2)16-8(3)9(6-14-16)12(17)15-21(18,19)11-5-4-10(13)20-11/h4-7H,1-3H3,(H,15,17). The van der Waals surface area contributed by atoms with E-state index in [9.17, 15) is 13.2 Å². The van der Waals surface area contributed by atoms with E-state index in [1.165, 1.54) is 18.3 Å². The van der Waals surface area contributed by atoms with Crippen LogP contribution in [0.15, 0.2) is 22.5 Å². The molecular formula is C12H14ClN3O3S2. The van der Waals surface area contributed by atoms with Gasteiger partial charge in [0.25, 0.3) is 15.9 Å². The van der Waals surface area contributed by atoms with Gasteiger partial charge < -0.3 is 0 Å². The van der Waals surface area contributed by atoms with Gasteiger partial charge in [-0.15, -0.1) is 11.3 Å². The first-order chi connectivity index (χ1) is 9.72. The van der Waals surface area contributed by atoms with Gasteiger partial charge >= 0.3 is 0 Å². The number of nitrogens with one attached hydrogen (secondary N) is 1. The number of halogens is 1. The van der Waals surface area contributed by atoms with Crippen molar-refractivity contribution in [2.45, 2.75) is 31.0 Å². The quantitative estimate of drug-likeness (QED) is 0.921. The van der Waals surface area contributed by atoms with Crippen molar-refractivity contribution < 1.29 is 13.2 Å². The maximum absolute atomic E-state index is 12.1. The third-order valence-electron chi connectivity index (χ3n) is 2.82. The zero-order valence-electron chi connectivity index (χ0n) is 11.6. The molecule has 0 saturated carbocycles. The second kappa shape index (κ2) is 5.78. The van der Waals surface area contributed by atoms with Crippen molar-refractivity contribution in [2.24, 2.45) is 0 Å². The van der Waals surface area contributed by atoms with Gasteiger partial charge in [0.2, 0.25) is 0 Å². The Morgan fingerprint density at radius 1 is 1.43 bits per heavy atom. The minimum atomic E-state index is -3.92. The van der Waals surface area contributed by atoms with Crippen LogP contribution in [0.5, 0.6) is 0 Å². The second-order valence-corrected chi connectivity index (χ2v) is 8.30. The number of rotatable bonds is 4. The van der Waals surface area contributed by atoms with E-state index in [0.29, 0.717) is 10.0 Å². The third-order valence-corrected chi connectivity index (χ3v) is 5.87. The molecule has 0 fully saturated rings. The number of aromatic nitrogens is 2. The molecule has 0 unspecified atom stereocenters. The Kier molecular flexibility index (Phi) is 4.40. The Morgan fingerprint density at radius 2 is 2.10 bits per heavy atom. The molecule has 0 aliphatic heterocycles. The molecule has 2 aromatic rings. The predicted molar refractivity (Wildman–Crippen MR) is 81.3 cm³/mol. The Hall–Kier alpha value is -1.38. The molecule has 0 aliphatic carbocycles. The van der Waals surface area contributed by atoms with Crippen molar-refractivity contribution in [1.82, 2.24) is 14.5 Å². The summed E-state index contributed by atoms with van der Waals surface area (Å²) in [6.45, 7) is 5.56. The molecule has 0 saturated heterocycles. The molecule has 0 radical (unpaired) electrons. The van der Waals surface area contributed by atoms with E-state index in [0.717, 1.165) is 11.3 Å². The van der Waals surface area contributed by atoms with Crippen molar-refractivity contribution in [1.29, 1.82) is 0 Å². The monoisotopic (exact) mass is 347 g/mol. The number of nitrogens with zero attached hydrogens (tertiary/aromatic N) is 2. The Morgan fingerprint density at radius 3 is 2.57 bits per heavy atom. The highest BCUT2D eigenvalue weighted by Crippen LogP contribution is 2.25. The van der Waals surface area contributed by atoms with Crippen LogP contribution in [0.1, 0.15) is 35.9 Å². The average molecular weight is 348 g/mol. The van der Waals surface area contributed by atoms with Crippen LogP contribution in [0.2, 0.25) is 4.34 Å². The lowest BCUT2D eigenvalue weighted by molar-refractivity contribution is 0.0980. The summed E-state index contributed by atoms with van der Waals surface area (Å²) >= 11 is 6.60. The van der Waals surface area contributed by atoms with E-state index in [1.54, 1.807) is 11.6 Å². The summed E-state index contributed by atoms with van der Waals surface area (Å²) in [6.07, 6.45) is 1.36. The fourth-order valence-corrected chi connectivity index (χ4v) is 4.29. The van der Waals surface area contributed by atoms with Gasteiger partial charge in [0.15, 0.2) is 0 Å². The number of hydrogen-bond acceptors (Lipinski definition) is 5. The van der Waals surface area contributed by atoms with E-state index >= 15 is 0 Å². The molecule has 2 aromatic heterocycles. The van der Waals surface area contributed by atoms with Crippen LogP contribution < -0.4 is 4.72 Å². The molecule has 6 nitrogen and oxygen atoms in total. The summed E-state index contributed by atoms with van der Waals surface area (Å²) in [5.41, 5.74) is 0.844. The second-order valence-electron chi connectivity index (χ2n) is 4.68. The first-order valence-electron chi connectivity index (χ1n) is 6.09. The first-order valence-corrected chi connectivity index (χ1v) is 8.76. The lowest BCUT2D eigenvalue weighted by atomic mass is 10.2. The number of carbonyl (C=O) groups excluding carboxylic acids is 1. The van der Waals surface area contributed by atoms with Gasteiger partial charge in [-0.05, 0) is 32.9 Å². The minimum absolute atomic E-state index is 0.00486. The van der Waals surface area contributed by atoms with Gasteiger partial charge in [-0.2, -0.15) is 5.10 Å². The lowest BCUT2D eigenvalue weighted by Gasteiger charge is -2.09. The van der Waals surface area contributed by atoms with Gasteiger partial charge in [-0.3, -0.25) is 9.48 Å². The molecule has 1 N–H and O–H groups in total. The van der Waals surface area contributed by atoms with Crippen LogP contribution >= 0.6 is 22.9 Å². The fourth-order valence-electron chi connectivity index (χ4n) is 1.84. The maximum atomic E-state index is 12.1. The van der Waals surface area contributed by atoms with E-state index < -0.39 is 15.9 Å². The summed E-state index contributed by atoms with van der Waals surface area (Å²) in [4.78, 5) is 12.1. The summed E-state index contributed by atoms with van der Waals surface area (Å²) in [6, 6.07) is 2.90. The molecule has 0 spiro atoms. The molecule has 114 valence electrons. The zero-order chi connectivity index (χ0) is 15.8. The SMILES string of the molecule is Cc1c(C(=O)NS(=O)(=O)c2ccc(Cl)s2)cnn1C(C)C. The Bertz CT molecular complexity index is 778. The third kappa shape index (κ3) is 3.28. The van der Waals surface area contributed by atoms with Crippen LogP contribution in [0.25, 0.3) is 0 Å². The van der Waals surface area contributed by atoms with Gasteiger partial charge in [0, 0.05) is 11.7 Å². The molecule has 0 bridgehead atoms. The smallest absolute Gasteiger partial charge is 0.268 e. The van der Waals surface area contributed by atoms with Crippen molar-refractivity contribution in [2.75, 3.05) is 0 Å². The molecule has 0 atom stereocenters. The molecule has 2 heterocycles. The normalized spacial score (nSPS) is 11.9. The highest BCUT2D eigenvalue weighted by molar-refractivity contribution is 7.92. The van der Waals surface area contributed by atoms with E-state index in [1.807, 2.05) is 18.6 Å². The summed E-state index contributed by atoms with van der Waals surface area (Å²) in [5, 5.41) is 4.09. The molecule has 1 amide bonds. The summed E-state index contributed by atoms with van der Waals surface area (Å²) in [7, 11) is -3.92. The van der Waals surface area contributed by atoms with Gasteiger partial charge in [-0.1, -0.05) is 11.6 Å². The molecule has 0 aromatic carbocycles. The van der Waals surface area contributed by atoms with E-state index in [2.05, 4.69) is 5.10 Å². The largest absolute Gasteiger partial charge is 0.273 e. The van der Waals surface area contributed by atoms with Crippen LogP contribution in [0.4, 0.5) is 0 Å². The highest BCUT2D eigenvalue weighted by Gasteiger charge is 2.23. The van der Waals surface area contributed by atoms with E-state index in [-0.39, 0.29) is 15.8 Å². The van der Waals surface area contributed by atoms with Crippen molar-refractivity contribution in [3.63, 3.8) is 0 Å². The van der Waals surface area contributed by atoms with Crippen LogP contribution in [0, 0.1) is 6.92 Å². The van der Waals surface area contributed by atoms with Gasteiger partial charge in [0.1, 0.15) is 4.21 Å². The highest BCUT2D eigenvalue weighted by atomic mass is 35.5. The predicted octanol–water partition coefficient (Wildman–Crippen LogP) is 2.61. The zero-order valence-corrected chi connectivity index (χ0v) is 14.0. The number of thiophene rings is 1. The van der Waals surface area contributed by atoms with Crippen molar-refractivity contribution in [3.8, 4) is 0 Å². The molecular weight excluding hydrogens is 334 g/mol. The number of sulfonamides is 1. The molecule has 2 rings (SSSR count). The number of hydrogen-bond donors (Lipinski definition) is 1. The van der Waals surface area contributed by atoms with Crippen molar-refractivity contribution >= 4 is 38.9 Å². The average Bonchev–Trinajstić information content (AvgIpc) is 2.95. The molecule has 9 heteroatoms. The molecule has 0 aliphatic rings. The van der Waals surface area contributed by atoms with Gasteiger partial charge in [-0.25, -0.2) is 13.1 Å². The minimum Gasteiger partial charge on any atom is -0.268 e. The van der Waals surface area contributed by atoms with Crippen LogP contribution in [-0.4, -0.2) is 24.1 Å².